The summed E-state index contributed by atoms with van der Waals surface area (Å²) < 4.78 is 4.82. The molecule has 0 saturated heterocycles. The number of hydrogen-bond donors (Lipinski definition) is 2. The lowest BCUT2D eigenvalue weighted by Gasteiger charge is -2.07. The Bertz CT molecular complexity index is 466. The van der Waals surface area contributed by atoms with Crippen LogP contribution in [0.4, 0.5) is 5.69 Å². The van der Waals surface area contributed by atoms with Gasteiger partial charge in [0.25, 0.3) is 0 Å². The molecular formula is C15H21ClN2O3. The van der Waals surface area contributed by atoms with Crippen molar-refractivity contribution in [1.29, 1.82) is 0 Å². The zero-order valence-corrected chi connectivity index (χ0v) is 12.9. The second kappa shape index (κ2) is 10.2. The van der Waals surface area contributed by atoms with Gasteiger partial charge in [0.2, 0.25) is 5.91 Å². The van der Waals surface area contributed by atoms with Crippen LogP contribution in [0.2, 0.25) is 5.02 Å². The number of carbonyl (C=O) groups is 2. The molecule has 0 atom stereocenters. The van der Waals surface area contributed by atoms with E-state index in [1.165, 1.54) is 0 Å². The quantitative estimate of drug-likeness (QED) is 0.543. The highest BCUT2D eigenvalue weighted by Gasteiger charge is 2.05. The van der Waals surface area contributed by atoms with Gasteiger partial charge in [-0.2, -0.15) is 0 Å². The molecule has 0 bridgehead atoms. The summed E-state index contributed by atoms with van der Waals surface area (Å²) in [6.07, 6.45) is 1.45. The summed E-state index contributed by atoms with van der Waals surface area (Å²) in [7, 11) is 0. The Labute approximate surface area is 130 Å². The minimum absolute atomic E-state index is 0.0963. The van der Waals surface area contributed by atoms with Crippen LogP contribution >= 0.6 is 11.6 Å². The Morgan fingerprint density at radius 1 is 1.19 bits per heavy atom. The second-order valence-corrected chi connectivity index (χ2v) is 4.84. The van der Waals surface area contributed by atoms with Crippen LogP contribution in [0.15, 0.2) is 24.3 Å². The largest absolute Gasteiger partial charge is 0.466 e. The molecule has 0 aromatic heterocycles. The van der Waals surface area contributed by atoms with Crippen molar-refractivity contribution in [2.75, 3.05) is 25.0 Å². The van der Waals surface area contributed by atoms with Crippen LogP contribution in [0.25, 0.3) is 0 Å². The molecule has 5 nitrogen and oxygen atoms in total. The standard InChI is InChI=1S/C15H21ClN2O3/c1-2-21-15(20)8-5-10-17-11-9-14(19)18-13-7-4-3-6-12(13)16/h3-4,6-7,17H,2,5,8-11H2,1H3,(H,18,19). The first kappa shape index (κ1) is 17.5. The summed E-state index contributed by atoms with van der Waals surface area (Å²) in [6.45, 7) is 3.43. The van der Waals surface area contributed by atoms with Crippen LogP contribution in [-0.4, -0.2) is 31.6 Å². The van der Waals surface area contributed by atoms with Crippen molar-refractivity contribution >= 4 is 29.2 Å². The van der Waals surface area contributed by atoms with Gasteiger partial charge in [0, 0.05) is 19.4 Å². The summed E-state index contributed by atoms with van der Waals surface area (Å²) >= 11 is 5.95. The Kier molecular flexibility index (Phi) is 8.47. The van der Waals surface area contributed by atoms with E-state index in [9.17, 15) is 9.59 Å². The number of nitrogens with one attached hydrogen (secondary N) is 2. The molecule has 0 fully saturated rings. The molecule has 0 aliphatic carbocycles. The third-order valence-corrected chi connectivity index (χ3v) is 3.05. The fraction of sp³-hybridized carbons (Fsp3) is 0.467. The molecule has 1 amide bonds. The summed E-state index contributed by atoms with van der Waals surface area (Å²) in [5, 5.41) is 6.39. The van der Waals surface area contributed by atoms with Crippen LogP contribution in [0, 0.1) is 0 Å². The summed E-state index contributed by atoms with van der Waals surface area (Å²) in [4.78, 5) is 22.8. The molecule has 1 aromatic rings. The van der Waals surface area contributed by atoms with Gasteiger partial charge in [0.15, 0.2) is 0 Å². The summed E-state index contributed by atoms with van der Waals surface area (Å²) in [5.74, 6) is -0.281. The smallest absolute Gasteiger partial charge is 0.305 e. The van der Waals surface area contributed by atoms with E-state index < -0.39 is 0 Å². The SMILES string of the molecule is CCOC(=O)CCCNCCC(=O)Nc1ccccc1Cl. The third-order valence-electron chi connectivity index (χ3n) is 2.72. The van der Waals surface area contributed by atoms with Crippen molar-refractivity contribution in [2.45, 2.75) is 26.2 Å². The molecule has 21 heavy (non-hydrogen) atoms. The lowest BCUT2D eigenvalue weighted by atomic mass is 10.3. The fourth-order valence-corrected chi connectivity index (χ4v) is 1.88. The molecule has 0 spiro atoms. The van der Waals surface area contributed by atoms with E-state index in [4.69, 9.17) is 16.3 Å². The van der Waals surface area contributed by atoms with E-state index in [0.29, 0.717) is 49.7 Å². The molecule has 2 N–H and O–H groups in total. The highest BCUT2D eigenvalue weighted by molar-refractivity contribution is 6.33. The van der Waals surface area contributed by atoms with Gasteiger partial charge >= 0.3 is 5.97 Å². The van der Waals surface area contributed by atoms with Gasteiger partial charge in [-0.15, -0.1) is 0 Å². The van der Waals surface area contributed by atoms with E-state index in [1.807, 2.05) is 12.1 Å². The maximum Gasteiger partial charge on any atom is 0.305 e. The van der Waals surface area contributed by atoms with Crippen molar-refractivity contribution in [3.05, 3.63) is 29.3 Å². The van der Waals surface area contributed by atoms with E-state index in [2.05, 4.69) is 10.6 Å². The second-order valence-electron chi connectivity index (χ2n) is 4.44. The van der Waals surface area contributed by atoms with Crippen LogP contribution in [0.3, 0.4) is 0 Å². The molecule has 0 aliphatic heterocycles. The Morgan fingerprint density at radius 2 is 1.95 bits per heavy atom. The first-order valence-corrected chi connectivity index (χ1v) is 7.42. The highest BCUT2D eigenvalue weighted by Crippen LogP contribution is 2.20. The topological polar surface area (TPSA) is 67.4 Å². The first-order valence-electron chi connectivity index (χ1n) is 7.04. The van der Waals surface area contributed by atoms with Gasteiger partial charge < -0.3 is 15.4 Å². The van der Waals surface area contributed by atoms with Crippen LogP contribution < -0.4 is 10.6 Å². The number of benzene rings is 1. The molecule has 116 valence electrons. The summed E-state index contributed by atoms with van der Waals surface area (Å²) in [5.41, 5.74) is 0.617. The normalized spacial score (nSPS) is 10.2. The van der Waals surface area contributed by atoms with E-state index >= 15 is 0 Å². The number of anilines is 1. The molecular weight excluding hydrogens is 292 g/mol. The number of ether oxygens (including phenoxy) is 1. The average Bonchev–Trinajstić information content (AvgIpc) is 2.45. The van der Waals surface area contributed by atoms with Crippen LogP contribution in [0.5, 0.6) is 0 Å². The van der Waals surface area contributed by atoms with Gasteiger partial charge in [-0.05, 0) is 32.0 Å². The predicted octanol–water partition coefficient (Wildman–Crippen LogP) is 2.60. The fourth-order valence-electron chi connectivity index (χ4n) is 1.69. The zero-order chi connectivity index (χ0) is 15.5. The van der Waals surface area contributed by atoms with Crippen molar-refractivity contribution in [2.24, 2.45) is 0 Å². The van der Waals surface area contributed by atoms with Crippen molar-refractivity contribution in [3.63, 3.8) is 0 Å². The number of hydrogen-bond acceptors (Lipinski definition) is 4. The van der Waals surface area contributed by atoms with Gasteiger partial charge in [-0.25, -0.2) is 0 Å². The molecule has 0 heterocycles. The Morgan fingerprint density at radius 3 is 2.67 bits per heavy atom. The van der Waals surface area contributed by atoms with Crippen molar-refractivity contribution < 1.29 is 14.3 Å². The van der Waals surface area contributed by atoms with E-state index in [0.717, 1.165) is 0 Å². The zero-order valence-electron chi connectivity index (χ0n) is 12.2. The van der Waals surface area contributed by atoms with Crippen LogP contribution in [0.1, 0.15) is 26.2 Å². The van der Waals surface area contributed by atoms with Gasteiger partial charge in [0.1, 0.15) is 0 Å². The molecule has 0 aliphatic rings. The van der Waals surface area contributed by atoms with Crippen LogP contribution in [-0.2, 0) is 14.3 Å². The number of carbonyl (C=O) groups excluding carboxylic acids is 2. The maximum absolute atomic E-state index is 11.7. The first-order chi connectivity index (χ1) is 10.1. The number of esters is 1. The number of halogens is 1. The highest BCUT2D eigenvalue weighted by atomic mass is 35.5. The maximum atomic E-state index is 11.7. The molecule has 6 heteroatoms. The Hall–Kier alpha value is -1.59. The monoisotopic (exact) mass is 312 g/mol. The molecule has 0 radical (unpaired) electrons. The molecule has 1 rings (SSSR count). The Balaban J connectivity index is 2.09. The predicted molar refractivity (Wildman–Crippen MR) is 83.4 cm³/mol. The number of rotatable bonds is 9. The average molecular weight is 313 g/mol. The number of amides is 1. The molecule has 0 saturated carbocycles. The van der Waals surface area contributed by atoms with Gasteiger partial charge in [0.05, 0.1) is 17.3 Å². The minimum atomic E-state index is -0.184. The minimum Gasteiger partial charge on any atom is -0.466 e. The molecule has 0 unspecified atom stereocenters. The van der Waals surface area contributed by atoms with E-state index in [1.54, 1.807) is 19.1 Å². The third kappa shape index (κ3) is 7.68. The van der Waals surface area contributed by atoms with E-state index in [-0.39, 0.29) is 11.9 Å². The van der Waals surface area contributed by atoms with Crippen molar-refractivity contribution in [1.82, 2.24) is 5.32 Å². The summed E-state index contributed by atoms with van der Waals surface area (Å²) in [6, 6.07) is 7.11. The number of para-hydroxylation sites is 1. The lowest BCUT2D eigenvalue weighted by molar-refractivity contribution is -0.143. The lowest BCUT2D eigenvalue weighted by Crippen LogP contribution is -2.23. The molecule has 1 aromatic carbocycles. The van der Waals surface area contributed by atoms with Gasteiger partial charge in [-0.3, -0.25) is 9.59 Å². The van der Waals surface area contributed by atoms with Gasteiger partial charge in [-0.1, -0.05) is 23.7 Å². The van der Waals surface area contributed by atoms with Crippen molar-refractivity contribution in [3.8, 4) is 0 Å².